The molecular weight excluding hydrogens is 407 g/mol. The molecule has 1 aliphatic heterocycles. The number of aromatic nitrogens is 1. The normalized spacial score (nSPS) is 14.4. The summed E-state index contributed by atoms with van der Waals surface area (Å²) in [6.07, 6.45) is 3.35. The molecule has 29 heavy (non-hydrogen) atoms. The number of rotatable bonds is 4. The van der Waals surface area contributed by atoms with Crippen molar-refractivity contribution < 1.29 is 9.53 Å². The van der Waals surface area contributed by atoms with Crippen molar-refractivity contribution in [2.75, 3.05) is 24.6 Å². The van der Waals surface area contributed by atoms with Gasteiger partial charge in [0.2, 0.25) is 0 Å². The fourth-order valence-electron chi connectivity index (χ4n) is 4.14. The van der Waals surface area contributed by atoms with Gasteiger partial charge in [-0.05, 0) is 62.9 Å². The number of carbonyl (C=O) groups is 1. The van der Waals surface area contributed by atoms with Crippen LogP contribution in [-0.4, -0.2) is 30.2 Å². The summed E-state index contributed by atoms with van der Waals surface area (Å²) < 4.78 is 7.45. The number of benzene rings is 2. The molecule has 1 fully saturated rings. The third-order valence-corrected chi connectivity index (χ3v) is 6.20. The Bertz CT molecular complexity index is 1070. The number of carbonyl (C=O) groups excluding carboxylic acids is 1. The lowest BCUT2D eigenvalue weighted by atomic mass is 10.1. The van der Waals surface area contributed by atoms with E-state index in [4.69, 9.17) is 27.9 Å². The summed E-state index contributed by atoms with van der Waals surface area (Å²) in [5, 5.41) is 1.77. The Balaban J connectivity index is 2.11. The highest BCUT2D eigenvalue weighted by Crippen LogP contribution is 2.44. The van der Waals surface area contributed by atoms with Crippen molar-refractivity contribution in [3.63, 3.8) is 0 Å². The number of halogens is 2. The van der Waals surface area contributed by atoms with Gasteiger partial charge in [0.1, 0.15) is 0 Å². The monoisotopic (exact) mass is 430 g/mol. The molecule has 0 radical (unpaired) electrons. The van der Waals surface area contributed by atoms with Crippen LogP contribution in [0.25, 0.3) is 16.6 Å². The highest BCUT2D eigenvalue weighted by molar-refractivity contribution is 6.46. The summed E-state index contributed by atoms with van der Waals surface area (Å²) in [4.78, 5) is 15.5. The van der Waals surface area contributed by atoms with Crippen molar-refractivity contribution in [1.29, 1.82) is 0 Å². The first-order chi connectivity index (χ1) is 14.0. The van der Waals surface area contributed by atoms with Gasteiger partial charge in [0.15, 0.2) is 5.69 Å². The molecular formula is C23H24Cl2N2O2. The van der Waals surface area contributed by atoms with E-state index in [9.17, 15) is 4.79 Å². The molecule has 4 nitrogen and oxygen atoms in total. The second-order valence-electron chi connectivity index (χ2n) is 7.40. The molecule has 1 aromatic heterocycles. The zero-order chi connectivity index (χ0) is 20.5. The van der Waals surface area contributed by atoms with E-state index in [1.54, 1.807) is 6.07 Å². The predicted octanol–water partition coefficient (Wildman–Crippen LogP) is 6.41. The summed E-state index contributed by atoms with van der Waals surface area (Å²) in [5.74, 6) is -0.349. The minimum absolute atomic E-state index is 0.308. The quantitative estimate of drug-likeness (QED) is 0.448. The number of fused-ring (bicyclic) bond motifs is 1. The number of aryl methyl sites for hydroxylation is 1. The van der Waals surface area contributed by atoms with Crippen LogP contribution in [0.15, 0.2) is 36.4 Å². The standard InChI is InChI=1S/C23H24Cl2N2O2/c1-3-29-23(28)22-21(26-12-5-4-6-13-26)19-18(11-10-17(24)20(19)25)27(22)16-9-7-8-15(2)14-16/h7-11,14H,3-6,12-13H2,1-2H3. The molecule has 0 N–H and O–H groups in total. The van der Waals surface area contributed by atoms with Crippen LogP contribution in [0, 0.1) is 6.92 Å². The fourth-order valence-corrected chi connectivity index (χ4v) is 4.55. The number of nitrogens with zero attached hydrogens (tertiary/aromatic N) is 2. The van der Waals surface area contributed by atoms with Crippen LogP contribution in [0.2, 0.25) is 10.0 Å². The van der Waals surface area contributed by atoms with Crippen LogP contribution in [0.3, 0.4) is 0 Å². The van der Waals surface area contributed by atoms with Crippen molar-refractivity contribution in [1.82, 2.24) is 4.57 Å². The smallest absolute Gasteiger partial charge is 0.357 e. The van der Waals surface area contributed by atoms with Crippen LogP contribution in [0.1, 0.15) is 42.2 Å². The van der Waals surface area contributed by atoms with E-state index < -0.39 is 0 Å². The lowest BCUT2D eigenvalue weighted by molar-refractivity contribution is 0.0518. The average Bonchev–Trinajstić information content (AvgIpc) is 3.07. The van der Waals surface area contributed by atoms with Gasteiger partial charge in [0.05, 0.1) is 27.9 Å². The van der Waals surface area contributed by atoms with E-state index in [0.717, 1.165) is 53.8 Å². The molecule has 0 spiro atoms. The van der Waals surface area contributed by atoms with Crippen molar-refractivity contribution in [3.8, 4) is 5.69 Å². The van der Waals surface area contributed by atoms with E-state index in [0.29, 0.717) is 22.3 Å². The van der Waals surface area contributed by atoms with E-state index in [-0.39, 0.29) is 5.97 Å². The molecule has 1 saturated heterocycles. The number of hydrogen-bond donors (Lipinski definition) is 0. The molecule has 2 heterocycles. The molecule has 0 unspecified atom stereocenters. The lowest BCUT2D eigenvalue weighted by Gasteiger charge is -2.29. The molecule has 2 aromatic carbocycles. The Morgan fingerprint density at radius 1 is 1.10 bits per heavy atom. The van der Waals surface area contributed by atoms with Crippen molar-refractivity contribution in [2.24, 2.45) is 0 Å². The van der Waals surface area contributed by atoms with E-state index in [2.05, 4.69) is 11.0 Å². The Labute approximate surface area is 181 Å². The topological polar surface area (TPSA) is 34.5 Å². The first kappa shape index (κ1) is 20.1. The Morgan fingerprint density at radius 2 is 1.86 bits per heavy atom. The van der Waals surface area contributed by atoms with Crippen LogP contribution in [0.5, 0.6) is 0 Å². The molecule has 0 aliphatic carbocycles. The summed E-state index contributed by atoms with van der Waals surface area (Å²) >= 11 is 13.1. The predicted molar refractivity (Wildman–Crippen MR) is 120 cm³/mol. The fraction of sp³-hybridized carbons (Fsp3) is 0.348. The van der Waals surface area contributed by atoms with Gasteiger partial charge in [0.25, 0.3) is 0 Å². The molecule has 0 atom stereocenters. The van der Waals surface area contributed by atoms with Gasteiger partial charge in [-0.1, -0.05) is 35.3 Å². The molecule has 6 heteroatoms. The van der Waals surface area contributed by atoms with E-state index in [1.165, 1.54) is 6.42 Å². The lowest BCUT2D eigenvalue weighted by Crippen LogP contribution is -2.31. The largest absolute Gasteiger partial charge is 0.461 e. The Hall–Kier alpha value is -2.17. The van der Waals surface area contributed by atoms with Gasteiger partial charge in [-0.15, -0.1) is 0 Å². The van der Waals surface area contributed by atoms with Crippen LogP contribution in [-0.2, 0) is 4.74 Å². The number of piperidine rings is 1. The first-order valence-electron chi connectivity index (χ1n) is 10.0. The van der Waals surface area contributed by atoms with E-state index in [1.807, 2.05) is 42.7 Å². The third kappa shape index (κ3) is 3.60. The summed E-state index contributed by atoms with van der Waals surface area (Å²) in [5.41, 5.74) is 4.21. The average molecular weight is 431 g/mol. The summed E-state index contributed by atoms with van der Waals surface area (Å²) in [6.45, 7) is 5.92. The van der Waals surface area contributed by atoms with Crippen LogP contribution < -0.4 is 4.90 Å². The molecule has 0 saturated carbocycles. The number of esters is 1. The third-order valence-electron chi connectivity index (χ3n) is 5.40. The molecule has 152 valence electrons. The van der Waals surface area contributed by atoms with Gasteiger partial charge in [0, 0.05) is 24.2 Å². The maximum Gasteiger partial charge on any atom is 0.357 e. The SMILES string of the molecule is CCOC(=O)c1c(N2CCCCC2)c2c(Cl)c(Cl)ccc2n1-c1cccc(C)c1. The molecule has 0 bridgehead atoms. The maximum absolute atomic E-state index is 13.2. The zero-order valence-corrected chi connectivity index (χ0v) is 18.2. The minimum Gasteiger partial charge on any atom is -0.461 e. The minimum atomic E-state index is -0.349. The first-order valence-corrected chi connectivity index (χ1v) is 10.8. The Kier molecular flexibility index (Phi) is 5.75. The second-order valence-corrected chi connectivity index (χ2v) is 8.18. The van der Waals surface area contributed by atoms with Crippen molar-refractivity contribution in [2.45, 2.75) is 33.1 Å². The summed E-state index contributed by atoms with van der Waals surface area (Å²) in [6, 6.07) is 11.8. The van der Waals surface area contributed by atoms with Gasteiger partial charge in [-0.2, -0.15) is 0 Å². The highest BCUT2D eigenvalue weighted by atomic mass is 35.5. The number of ether oxygens (including phenoxy) is 1. The van der Waals surface area contributed by atoms with Crippen molar-refractivity contribution in [3.05, 3.63) is 57.7 Å². The maximum atomic E-state index is 13.2. The molecule has 0 amide bonds. The molecule has 4 rings (SSSR count). The summed E-state index contributed by atoms with van der Waals surface area (Å²) in [7, 11) is 0. The van der Waals surface area contributed by atoms with Gasteiger partial charge >= 0.3 is 5.97 Å². The highest BCUT2D eigenvalue weighted by Gasteiger charge is 2.31. The van der Waals surface area contributed by atoms with Crippen LogP contribution >= 0.6 is 23.2 Å². The molecule has 1 aliphatic rings. The van der Waals surface area contributed by atoms with Gasteiger partial charge in [-0.25, -0.2) is 4.79 Å². The van der Waals surface area contributed by atoms with Crippen molar-refractivity contribution >= 4 is 45.8 Å². The number of anilines is 1. The van der Waals surface area contributed by atoms with Gasteiger partial charge in [-0.3, -0.25) is 0 Å². The number of hydrogen-bond acceptors (Lipinski definition) is 3. The van der Waals surface area contributed by atoms with Gasteiger partial charge < -0.3 is 14.2 Å². The Morgan fingerprint density at radius 3 is 2.55 bits per heavy atom. The van der Waals surface area contributed by atoms with Crippen LogP contribution in [0.4, 0.5) is 5.69 Å². The zero-order valence-electron chi connectivity index (χ0n) is 16.7. The van der Waals surface area contributed by atoms with E-state index >= 15 is 0 Å². The molecule has 3 aromatic rings. The second kappa shape index (κ2) is 8.29.